The summed E-state index contributed by atoms with van der Waals surface area (Å²) >= 11 is 1.63. The van der Waals surface area contributed by atoms with Crippen LogP contribution in [0.5, 0.6) is 5.88 Å². The summed E-state index contributed by atoms with van der Waals surface area (Å²) in [5, 5.41) is 6.23. The van der Waals surface area contributed by atoms with Crippen LogP contribution in [-0.4, -0.2) is 24.1 Å². The minimum absolute atomic E-state index is 0.270. The van der Waals surface area contributed by atoms with Crippen LogP contribution in [0.15, 0.2) is 23.7 Å². The zero-order chi connectivity index (χ0) is 12.3. The third kappa shape index (κ3) is 2.62. The van der Waals surface area contributed by atoms with E-state index in [1.54, 1.807) is 24.6 Å². The zero-order valence-corrected chi connectivity index (χ0v) is 10.9. The molecule has 5 heteroatoms. The predicted molar refractivity (Wildman–Crippen MR) is 69.4 cm³/mol. The number of rotatable bonds is 4. The molecule has 1 unspecified atom stereocenters. The van der Waals surface area contributed by atoms with Gasteiger partial charge in [-0.25, -0.2) is 9.97 Å². The summed E-state index contributed by atoms with van der Waals surface area (Å²) in [7, 11) is 3.54. The third-order valence-corrected chi connectivity index (χ3v) is 3.50. The van der Waals surface area contributed by atoms with E-state index in [0.29, 0.717) is 5.88 Å². The summed E-state index contributed by atoms with van der Waals surface area (Å²) in [4.78, 5) is 8.76. The first-order valence-corrected chi connectivity index (χ1v) is 6.25. The number of ether oxygens (including phenoxy) is 1. The van der Waals surface area contributed by atoms with E-state index in [1.165, 1.54) is 0 Å². The number of methoxy groups -OCH3 is 1. The van der Waals surface area contributed by atoms with Crippen molar-refractivity contribution in [1.82, 2.24) is 15.3 Å². The number of thiazole rings is 1. The van der Waals surface area contributed by atoms with E-state index in [4.69, 9.17) is 4.74 Å². The summed E-state index contributed by atoms with van der Waals surface area (Å²) in [6.07, 6.45) is 1.78. The van der Waals surface area contributed by atoms with Crippen LogP contribution in [0, 0.1) is 0 Å². The fourth-order valence-electron chi connectivity index (χ4n) is 1.39. The Bertz CT molecular complexity index is 481. The van der Waals surface area contributed by atoms with Crippen molar-refractivity contribution in [2.75, 3.05) is 14.2 Å². The minimum Gasteiger partial charge on any atom is -0.481 e. The quantitative estimate of drug-likeness (QED) is 0.904. The molecule has 0 amide bonds. The smallest absolute Gasteiger partial charge is 0.212 e. The number of aromatic nitrogens is 2. The molecule has 0 saturated carbocycles. The van der Waals surface area contributed by atoms with E-state index in [1.807, 2.05) is 19.2 Å². The first-order valence-electron chi connectivity index (χ1n) is 5.37. The molecule has 2 aromatic heterocycles. The fourth-order valence-corrected chi connectivity index (χ4v) is 2.30. The lowest BCUT2D eigenvalue weighted by Crippen LogP contribution is -2.12. The Kier molecular flexibility index (Phi) is 3.71. The SMILES string of the molecule is CNC(C)c1csc(-c2ccc(OC)nc2)n1. The molecule has 4 nitrogen and oxygen atoms in total. The molecule has 0 bridgehead atoms. The number of hydrogen-bond donors (Lipinski definition) is 1. The molecule has 2 heterocycles. The second-order valence-electron chi connectivity index (χ2n) is 3.68. The van der Waals surface area contributed by atoms with Gasteiger partial charge in [0.1, 0.15) is 5.01 Å². The molecule has 0 radical (unpaired) electrons. The van der Waals surface area contributed by atoms with Crippen molar-refractivity contribution >= 4 is 11.3 Å². The molecule has 17 heavy (non-hydrogen) atoms. The topological polar surface area (TPSA) is 47.0 Å². The Morgan fingerprint density at radius 3 is 2.82 bits per heavy atom. The van der Waals surface area contributed by atoms with Gasteiger partial charge in [0, 0.05) is 29.2 Å². The maximum absolute atomic E-state index is 5.03. The zero-order valence-electron chi connectivity index (χ0n) is 10.1. The van der Waals surface area contributed by atoms with Gasteiger partial charge < -0.3 is 10.1 Å². The van der Waals surface area contributed by atoms with Crippen molar-refractivity contribution in [2.45, 2.75) is 13.0 Å². The lowest BCUT2D eigenvalue weighted by molar-refractivity contribution is 0.398. The van der Waals surface area contributed by atoms with Crippen molar-refractivity contribution in [3.63, 3.8) is 0 Å². The molecule has 0 aliphatic rings. The molecule has 0 fully saturated rings. The molecule has 0 aliphatic carbocycles. The summed E-state index contributed by atoms with van der Waals surface area (Å²) in [5.74, 6) is 0.620. The Morgan fingerprint density at radius 1 is 1.41 bits per heavy atom. The van der Waals surface area contributed by atoms with Gasteiger partial charge in [0.15, 0.2) is 0 Å². The van der Waals surface area contributed by atoms with Gasteiger partial charge in [0.05, 0.1) is 12.8 Å². The Labute approximate surface area is 105 Å². The van der Waals surface area contributed by atoms with Gasteiger partial charge >= 0.3 is 0 Å². The number of hydrogen-bond acceptors (Lipinski definition) is 5. The van der Waals surface area contributed by atoms with Crippen molar-refractivity contribution < 1.29 is 4.74 Å². The summed E-state index contributed by atoms with van der Waals surface area (Å²) < 4.78 is 5.03. The highest BCUT2D eigenvalue weighted by Crippen LogP contribution is 2.26. The monoisotopic (exact) mass is 249 g/mol. The van der Waals surface area contributed by atoms with Crippen LogP contribution >= 0.6 is 11.3 Å². The van der Waals surface area contributed by atoms with Gasteiger partial charge in [-0.1, -0.05) is 0 Å². The van der Waals surface area contributed by atoms with E-state index in [-0.39, 0.29) is 6.04 Å². The summed E-state index contributed by atoms with van der Waals surface area (Å²) in [5.41, 5.74) is 2.08. The summed E-state index contributed by atoms with van der Waals surface area (Å²) in [6, 6.07) is 4.09. The van der Waals surface area contributed by atoms with Gasteiger partial charge in [-0.3, -0.25) is 0 Å². The van der Waals surface area contributed by atoms with Crippen LogP contribution in [0.1, 0.15) is 18.7 Å². The lowest BCUT2D eigenvalue weighted by Gasteiger charge is -2.05. The van der Waals surface area contributed by atoms with Gasteiger partial charge in [-0.2, -0.15) is 0 Å². The highest BCUT2D eigenvalue weighted by atomic mass is 32.1. The predicted octanol–water partition coefficient (Wildman–Crippen LogP) is 2.49. The first kappa shape index (κ1) is 12.0. The standard InChI is InChI=1S/C12H15N3OS/c1-8(13-2)10-7-17-12(15-10)9-4-5-11(16-3)14-6-9/h4-8,13H,1-3H3. The van der Waals surface area contributed by atoms with Crippen molar-refractivity contribution in [2.24, 2.45) is 0 Å². The number of nitrogens with zero attached hydrogens (tertiary/aromatic N) is 2. The Morgan fingerprint density at radius 2 is 2.24 bits per heavy atom. The molecule has 2 aromatic rings. The maximum Gasteiger partial charge on any atom is 0.212 e. The van der Waals surface area contributed by atoms with Gasteiger partial charge in [-0.15, -0.1) is 11.3 Å². The fraction of sp³-hybridized carbons (Fsp3) is 0.333. The van der Waals surface area contributed by atoms with Crippen molar-refractivity contribution in [3.05, 3.63) is 29.4 Å². The molecular formula is C12H15N3OS. The van der Waals surface area contributed by atoms with Gasteiger partial charge in [-0.05, 0) is 20.0 Å². The molecule has 1 atom stereocenters. The van der Waals surface area contributed by atoms with E-state index < -0.39 is 0 Å². The molecule has 90 valence electrons. The van der Waals surface area contributed by atoms with E-state index in [2.05, 4.69) is 27.6 Å². The third-order valence-electron chi connectivity index (χ3n) is 2.59. The minimum atomic E-state index is 0.270. The van der Waals surface area contributed by atoms with Gasteiger partial charge in [0.2, 0.25) is 5.88 Å². The van der Waals surface area contributed by atoms with Crippen LogP contribution in [-0.2, 0) is 0 Å². The van der Waals surface area contributed by atoms with E-state index in [9.17, 15) is 0 Å². The second-order valence-corrected chi connectivity index (χ2v) is 4.54. The van der Waals surface area contributed by atoms with Crippen LogP contribution in [0.3, 0.4) is 0 Å². The second kappa shape index (κ2) is 5.25. The molecule has 0 saturated heterocycles. The molecule has 0 aliphatic heterocycles. The summed E-state index contributed by atoms with van der Waals surface area (Å²) in [6.45, 7) is 2.09. The molecule has 1 N–H and O–H groups in total. The maximum atomic E-state index is 5.03. The van der Waals surface area contributed by atoms with Crippen LogP contribution in [0.25, 0.3) is 10.6 Å². The molecule has 0 spiro atoms. The normalized spacial score (nSPS) is 12.4. The van der Waals surface area contributed by atoms with Crippen LogP contribution in [0.2, 0.25) is 0 Å². The Balaban J connectivity index is 2.24. The van der Waals surface area contributed by atoms with Gasteiger partial charge in [0.25, 0.3) is 0 Å². The Hall–Kier alpha value is -1.46. The average molecular weight is 249 g/mol. The highest BCUT2D eigenvalue weighted by Gasteiger charge is 2.09. The van der Waals surface area contributed by atoms with Crippen molar-refractivity contribution in [1.29, 1.82) is 0 Å². The molecule has 2 rings (SSSR count). The average Bonchev–Trinajstić information content (AvgIpc) is 2.87. The largest absolute Gasteiger partial charge is 0.481 e. The van der Waals surface area contributed by atoms with Crippen LogP contribution < -0.4 is 10.1 Å². The van der Waals surface area contributed by atoms with E-state index >= 15 is 0 Å². The molecular weight excluding hydrogens is 234 g/mol. The highest BCUT2D eigenvalue weighted by molar-refractivity contribution is 7.13. The van der Waals surface area contributed by atoms with Crippen molar-refractivity contribution in [3.8, 4) is 16.5 Å². The lowest BCUT2D eigenvalue weighted by atomic mass is 10.2. The first-order chi connectivity index (χ1) is 8.24. The number of pyridine rings is 1. The number of nitrogens with one attached hydrogen (secondary N) is 1. The molecule has 0 aromatic carbocycles. The van der Waals surface area contributed by atoms with E-state index in [0.717, 1.165) is 16.3 Å². The van der Waals surface area contributed by atoms with Crippen LogP contribution in [0.4, 0.5) is 0 Å².